The first kappa shape index (κ1) is 17.5. The first-order chi connectivity index (χ1) is 10.8. The number of rotatable bonds is 6. The van der Waals surface area contributed by atoms with Gasteiger partial charge in [0.05, 0.1) is 17.5 Å². The van der Waals surface area contributed by atoms with Crippen molar-refractivity contribution in [2.45, 2.75) is 32.5 Å². The third-order valence-electron chi connectivity index (χ3n) is 3.61. The van der Waals surface area contributed by atoms with Crippen LogP contribution in [0.1, 0.15) is 30.9 Å². The predicted molar refractivity (Wildman–Crippen MR) is 80.2 cm³/mol. The molecule has 126 valence electrons. The average molecular weight is 329 g/mol. The zero-order valence-electron chi connectivity index (χ0n) is 13.0. The molecule has 1 aromatic carbocycles. The third-order valence-corrected chi connectivity index (χ3v) is 3.61. The molecule has 2 aromatic rings. The number of benzene rings is 1. The molecule has 0 saturated carbocycles. The Morgan fingerprint density at radius 3 is 2.65 bits per heavy atom. The molecule has 0 unspecified atom stereocenters. The molecule has 0 aliphatic heterocycles. The lowest BCUT2D eigenvalue weighted by Gasteiger charge is -2.16. The van der Waals surface area contributed by atoms with Crippen LogP contribution in [0.4, 0.5) is 17.6 Å². The Hall–Kier alpha value is -1.89. The fourth-order valence-electron chi connectivity index (χ4n) is 2.36. The van der Waals surface area contributed by atoms with Gasteiger partial charge in [0.15, 0.2) is 0 Å². The smallest absolute Gasteiger partial charge is 0.302 e. The Morgan fingerprint density at radius 2 is 2.00 bits per heavy atom. The van der Waals surface area contributed by atoms with Gasteiger partial charge < -0.3 is 4.90 Å². The highest BCUT2D eigenvalue weighted by Crippen LogP contribution is 2.34. The highest BCUT2D eigenvalue weighted by Gasteiger charge is 2.31. The molecule has 23 heavy (non-hydrogen) atoms. The number of aromatic nitrogens is 2. The summed E-state index contributed by atoms with van der Waals surface area (Å²) in [4.78, 5) is 2.03. The fourth-order valence-corrected chi connectivity index (χ4v) is 2.36. The van der Waals surface area contributed by atoms with Gasteiger partial charge in [0.25, 0.3) is 0 Å². The number of alkyl halides is 3. The van der Waals surface area contributed by atoms with Crippen LogP contribution >= 0.6 is 0 Å². The molecule has 1 heterocycles. The number of aromatic amines is 1. The maximum Gasteiger partial charge on any atom is 0.416 e. The van der Waals surface area contributed by atoms with Crippen molar-refractivity contribution in [1.82, 2.24) is 15.1 Å². The van der Waals surface area contributed by atoms with Crippen molar-refractivity contribution in [2.75, 3.05) is 13.6 Å². The topological polar surface area (TPSA) is 31.9 Å². The van der Waals surface area contributed by atoms with Crippen LogP contribution in [-0.2, 0) is 12.7 Å². The molecule has 0 aliphatic rings. The summed E-state index contributed by atoms with van der Waals surface area (Å²) >= 11 is 0. The van der Waals surface area contributed by atoms with Gasteiger partial charge in [-0.2, -0.15) is 18.3 Å². The zero-order valence-corrected chi connectivity index (χ0v) is 13.0. The molecule has 0 aliphatic carbocycles. The highest BCUT2D eigenvalue weighted by atomic mass is 19.4. The van der Waals surface area contributed by atoms with Gasteiger partial charge in [0.1, 0.15) is 5.82 Å². The van der Waals surface area contributed by atoms with Gasteiger partial charge in [-0.3, -0.25) is 5.10 Å². The van der Waals surface area contributed by atoms with E-state index in [-0.39, 0.29) is 11.3 Å². The molecule has 3 nitrogen and oxygen atoms in total. The van der Waals surface area contributed by atoms with E-state index >= 15 is 0 Å². The summed E-state index contributed by atoms with van der Waals surface area (Å²) in [7, 11) is 1.91. The maximum absolute atomic E-state index is 14.0. The Morgan fingerprint density at radius 1 is 1.26 bits per heavy atom. The first-order valence-corrected chi connectivity index (χ1v) is 7.40. The molecule has 1 aromatic heterocycles. The molecular weight excluding hydrogens is 310 g/mol. The predicted octanol–water partition coefficient (Wildman–Crippen LogP) is 4.47. The second-order valence-electron chi connectivity index (χ2n) is 5.55. The minimum atomic E-state index is -4.51. The van der Waals surface area contributed by atoms with E-state index in [0.29, 0.717) is 12.1 Å². The Kier molecular flexibility index (Phi) is 5.41. The molecule has 0 spiro atoms. The number of halogens is 4. The van der Waals surface area contributed by atoms with Crippen LogP contribution in [0.3, 0.4) is 0 Å². The summed E-state index contributed by atoms with van der Waals surface area (Å²) in [5, 5.41) is 6.48. The second kappa shape index (κ2) is 7.12. The van der Waals surface area contributed by atoms with Crippen molar-refractivity contribution in [3.63, 3.8) is 0 Å². The van der Waals surface area contributed by atoms with Gasteiger partial charge in [-0.15, -0.1) is 0 Å². The minimum absolute atomic E-state index is 0.115. The Balaban J connectivity index is 2.31. The lowest BCUT2D eigenvalue weighted by molar-refractivity contribution is -0.137. The number of unbranched alkanes of at least 4 members (excludes halogenated alkanes) is 1. The number of hydrogen-bond acceptors (Lipinski definition) is 2. The van der Waals surface area contributed by atoms with Gasteiger partial charge in [-0.1, -0.05) is 13.3 Å². The second-order valence-corrected chi connectivity index (χ2v) is 5.55. The summed E-state index contributed by atoms with van der Waals surface area (Å²) in [6.45, 7) is 3.42. The molecule has 0 atom stereocenters. The SMILES string of the molecule is CCCCN(C)Cc1cn[nH]c1-c1cc(C(F)(F)F)ccc1F. The molecule has 0 saturated heterocycles. The molecule has 1 N–H and O–H groups in total. The van der Waals surface area contributed by atoms with E-state index in [2.05, 4.69) is 17.1 Å². The normalized spacial score (nSPS) is 12.1. The van der Waals surface area contributed by atoms with Gasteiger partial charge >= 0.3 is 6.18 Å². The summed E-state index contributed by atoms with van der Waals surface area (Å²) in [5.74, 6) is -0.709. The van der Waals surface area contributed by atoms with Gasteiger partial charge in [0.2, 0.25) is 0 Å². The van der Waals surface area contributed by atoms with Crippen LogP contribution in [0, 0.1) is 5.82 Å². The van der Waals surface area contributed by atoms with E-state index in [9.17, 15) is 17.6 Å². The van der Waals surface area contributed by atoms with E-state index in [0.717, 1.165) is 37.6 Å². The number of hydrogen-bond donors (Lipinski definition) is 1. The van der Waals surface area contributed by atoms with Crippen molar-refractivity contribution in [2.24, 2.45) is 0 Å². The van der Waals surface area contributed by atoms with Gasteiger partial charge in [-0.25, -0.2) is 4.39 Å². The minimum Gasteiger partial charge on any atom is -0.302 e. The van der Waals surface area contributed by atoms with Crippen molar-refractivity contribution in [1.29, 1.82) is 0 Å². The van der Waals surface area contributed by atoms with E-state index in [1.807, 2.05) is 11.9 Å². The van der Waals surface area contributed by atoms with E-state index in [1.54, 1.807) is 0 Å². The summed E-state index contributed by atoms with van der Waals surface area (Å²) in [5.41, 5.74) is -0.0382. The first-order valence-electron chi connectivity index (χ1n) is 7.40. The van der Waals surface area contributed by atoms with Crippen molar-refractivity contribution in [3.05, 3.63) is 41.3 Å². The van der Waals surface area contributed by atoms with Crippen molar-refractivity contribution in [3.8, 4) is 11.3 Å². The number of nitrogens with zero attached hydrogens (tertiary/aromatic N) is 2. The van der Waals surface area contributed by atoms with Crippen molar-refractivity contribution < 1.29 is 17.6 Å². The van der Waals surface area contributed by atoms with E-state index in [1.165, 1.54) is 6.20 Å². The number of H-pyrrole nitrogens is 1. The van der Waals surface area contributed by atoms with Crippen LogP contribution in [0.15, 0.2) is 24.4 Å². The van der Waals surface area contributed by atoms with E-state index < -0.39 is 17.6 Å². The molecule has 2 rings (SSSR count). The molecular formula is C16H19F4N3. The third kappa shape index (κ3) is 4.31. The molecule has 0 fully saturated rings. The largest absolute Gasteiger partial charge is 0.416 e. The van der Waals surface area contributed by atoms with E-state index in [4.69, 9.17) is 0 Å². The lowest BCUT2D eigenvalue weighted by atomic mass is 10.0. The maximum atomic E-state index is 14.0. The van der Waals surface area contributed by atoms with Crippen LogP contribution < -0.4 is 0 Å². The van der Waals surface area contributed by atoms with Crippen LogP contribution in [0.5, 0.6) is 0 Å². The molecule has 0 radical (unpaired) electrons. The van der Waals surface area contributed by atoms with Crippen LogP contribution in [-0.4, -0.2) is 28.7 Å². The van der Waals surface area contributed by atoms with Crippen LogP contribution in [0.2, 0.25) is 0 Å². The fraction of sp³-hybridized carbons (Fsp3) is 0.438. The molecule has 0 amide bonds. The van der Waals surface area contributed by atoms with Gasteiger partial charge in [-0.05, 0) is 38.2 Å². The number of nitrogens with one attached hydrogen (secondary N) is 1. The monoisotopic (exact) mass is 329 g/mol. The highest BCUT2D eigenvalue weighted by molar-refractivity contribution is 5.64. The summed E-state index contributed by atoms with van der Waals surface area (Å²) < 4.78 is 52.5. The Labute approximate surface area is 132 Å². The van der Waals surface area contributed by atoms with Crippen molar-refractivity contribution >= 4 is 0 Å². The molecule has 0 bridgehead atoms. The zero-order chi connectivity index (χ0) is 17.0. The van der Waals surface area contributed by atoms with Crippen LogP contribution in [0.25, 0.3) is 11.3 Å². The Bertz CT molecular complexity index is 649. The summed E-state index contributed by atoms with van der Waals surface area (Å²) in [6.07, 6.45) is -0.926. The summed E-state index contributed by atoms with van der Waals surface area (Å²) in [6, 6.07) is 2.39. The van der Waals surface area contributed by atoms with Gasteiger partial charge in [0, 0.05) is 17.7 Å². The quantitative estimate of drug-likeness (QED) is 0.793. The standard InChI is InChI=1S/C16H19F4N3/c1-3-4-7-23(2)10-11-9-21-22-15(11)13-8-12(16(18,19)20)5-6-14(13)17/h5-6,8-9H,3-4,7,10H2,1-2H3,(H,21,22). The average Bonchev–Trinajstić information content (AvgIpc) is 2.92. The molecule has 7 heteroatoms. The lowest BCUT2D eigenvalue weighted by Crippen LogP contribution is -2.19.